The fourth-order valence-electron chi connectivity index (χ4n) is 1.82. The second-order valence-corrected chi connectivity index (χ2v) is 4.64. The monoisotopic (exact) mass is 258 g/mol. The van der Waals surface area contributed by atoms with Gasteiger partial charge in [-0.3, -0.25) is 4.79 Å². The average molecular weight is 258 g/mol. The molecule has 1 atom stereocenters. The van der Waals surface area contributed by atoms with Gasteiger partial charge >= 0.3 is 12.0 Å². The minimum Gasteiger partial charge on any atom is -0.481 e. The Kier molecular flexibility index (Phi) is 6.49. The van der Waals surface area contributed by atoms with Crippen molar-refractivity contribution in [3.63, 3.8) is 0 Å². The molecule has 1 aliphatic rings. The molecule has 0 radical (unpaired) electrons. The molecule has 1 saturated carbocycles. The van der Waals surface area contributed by atoms with Crippen molar-refractivity contribution in [1.29, 1.82) is 0 Å². The van der Waals surface area contributed by atoms with E-state index in [0.717, 1.165) is 25.7 Å². The predicted molar refractivity (Wildman–Crippen MR) is 66.4 cm³/mol. The number of rotatable bonds is 9. The Morgan fingerprint density at radius 2 is 2.11 bits per heavy atom. The number of unbranched alkanes of at least 4 members (excludes halogenated alkanes) is 1. The smallest absolute Gasteiger partial charge is 0.315 e. The average Bonchev–Trinajstić information content (AvgIpc) is 3.11. The fraction of sp³-hybridized carbons (Fsp3) is 0.833. The van der Waals surface area contributed by atoms with Crippen molar-refractivity contribution >= 4 is 12.0 Å². The summed E-state index contributed by atoms with van der Waals surface area (Å²) in [6.45, 7) is 1.27. The van der Waals surface area contributed by atoms with Crippen molar-refractivity contribution < 1.29 is 19.4 Å². The van der Waals surface area contributed by atoms with Gasteiger partial charge in [0.25, 0.3) is 0 Å². The number of carboxylic acid groups (broad SMARTS) is 1. The van der Waals surface area contributed by atoms with E-state index in [4.69, 9.17) is 9.84 Å². The number of ether oxygens (including phenoxy) is 1. The van der Waals surface area contributed by atoms with Crippen LogP contribution in [-0.2, 0) is 9.53 Å². The van der Waals surface area contributed by atoms with Crippen LogP contribution in [0.3, 0.4) is 0 Å². The van der Waals surface area contributed by atoms with Crippen molar-refractivity contribution in [1.82, 2.24) is 10.6 Å². The van der Waals surface area contributed by atoms with Gasteiger partial charge < -0.3 is 20.5 Å². The summed E-state index contributed by atoms with van der Waals surface area (Å²) in [6, 6.07) is -0.507. The van der Waals surface area contributed by atoms with E-state index in [1.165, 1.54) is 0 Å². The molecule has 1 fully saturated rings. The maximum absolute atomic E-state index is 11.6. The number of nitrogens with one attached hydrogen (secondary N) is 2. The third-order valence-electron chi connectivity index (χ3n) is 2.96. The minimum absolute atomic E-state index is 0.00175. The molecule has 6 heteroatoms. The molecule has 0 aliphatic heterocycles. The Morgan fingerprint density at radius 1 is 1.39 bits per heavy atom. The number of carboxylic acids is 1. The molecule has 3 N–H and O–H groups in total. The highest BCUT2D eigenvalue weighted by Gasteiger charge is 2.33. The zero-order valence-corrected chi connectivity index (χ0v) is 10.8. The summed E-state index contributed by atoms with van der Waals surface area (Å²) < 4.78 is 4.90. The summed E-state index contributed by atoms with van der Waals surface area (Å²) in [7, 11) is 1.65. The van der Waals surface area contributed by atoms with Crippen molar-refractivity contribution in [2.45, 2.75) is 38.1 Å². The lowest BCUT2D eigenvalue weighted by Crippen LogP contribution is -2.44. The zero-order chi connectivity index (χ0) is 13.4. The highest BCUT2D eigenvalue weighted by Crippen LogP contribution is 2.33. The summed E-state index contributed by atoms with van der Waals surface area (Å²) in [5.74, 6) is -0.535. The number of methoxy groups -OCH3 is 1. The first kappa shape index (κ1) is 14.8. The molecule has 0 aromatic heterocycles. The number of urea groups is 1. The molecule has 18 heavy (non-hydrogen) atoms. The molecule has 0 heterocycles. The van der Waals surface area contributed by atoms with E-state index in [-0.39, 0.29) is 18.5 Å². The third-order valence-corrected chi connectivity index (χ3v) is 2.96. The van der Waals surface area contributed by atoms with E-state index in [1.807, 2.05) is 0 Å². The first-order chi connectivity index (χ1) is 8.63. The third kappa shape index (κ3) is 6.44. The van der Waals surface area contributed by atoms with E-state index < -0.39 is 5.97 Å². The molecule has 104 valence electrons. The van der Waals surface area contributed by atoms with Gasteiger partial charge in [0.1, 0.15) is 0 Å². The lowest BCUT2D eigenvalue weighted by Gasteiger charge is -2.16. The highest BCUT2D eigenvalue weighted by molar-refractivity contribution is 5.75. The Balaban J connectivity index is 2.14. The molecule has 6 nitrogen and oxygen atoms in total. The van der Waals surface area contributed by atoms with E-state index in [1.54, 1.807) is 7.11 Å². The normalized spacial score (nSPS) is 16.1. The Labute approximate surface area is 107 Å². The number of hydrogen-bond donors (Lipinski definition) is 3. The first-order valence-corrected chi connectivity index (χ1v) is 6.38. The first-order valence-electron chi connectivity index (χ1n) is 6.38. The molecular weight excluding hydrogens is 236 g/mol. The Hall–Kier alpha value is -1.30. The molecule has 0 spiro atoms. The van der Waals surface area contributed by atoms with Gasteiger partial charge in [0.15, 0.2) is 0 Å². The lowest BCUT2D eigenvalue weighted by atomic mass is 10.1. The fourth-order valence-corrected chi connectivity index (χ4v) is 1.82. The molecule has 0 bridgehead atoms. The summed E-state index contributed by atoms with van der Waals surface area (Å²) >= 11 is 0. The van der Waals surface area contributed by atoms with Gasteiger partial charge in [-0.15, -0.1) is 0 Å². The van der Waals surface area contributed by atoms with Gasteiger partial charge in [0.2, 0.25) is 0 Å². The number of carbonyl (C=O) groups excluding carboxylic acids is 1. The van der Waals surface area contributed by atoms with Crippen LogP contribution in [0.4, 0.5) is 4.79 Å². The van der Waals surface area contributed by atoms with Crippen molar-refractivity contribution in [3.05, 3.63) is 0 Å². The van der Waals surface area contributed by atoms with E-state index in [0.29, 0.717) is 19.1 Å². The molecule has 0 aromatic rings. The van der Waals surface area contributed by atoms with Gasteiger partial charge in [-0.2, -0.15) is 0 Å². The van der Waals surface area contributed by atoms with Crippen LogP contribution in [0.1, 0.15) is 32.1 Å². The van der Waals surface area contributed by atoms with Gasteiger partial charge in [-0.1, -0.05) is 0 Å². The molecule has 2 amide bonds. The molecule has 0 saturated heterocycles. The van der Waals surface area contributed by atoms with Crippen molar-refractivity contribution in [2.75, 3.05) is 20.3 Å². The van der Waals surface area contributed by atoms with E-state index >= 15 is 0 Å². The van der Waals surface area contributed by atoms with Crippen LogP contribution >= 0.6 is 0 Å². The molecule has 1 rings (SSSR count). The summed E-state index contributed by atoms with van der Waals surface area (Å²) in [5, 5.41) is 14.2. The zero-order valence-electron chi connectivity index (χ0n) is 10.8. The summed E-state index contributed by atoms with van der Waals surface area (Å²) in [4.78, 5) is 22.2. The van der Waals surface area contributed by atoms with Gasteiger partial charge in [0, 0.05) is 26.3 Å². The quantitative estimate of drug-likeness (QED) is 0.538. The van der Waals surface area contributed by atoms with Crippen LogP contribution in [0.5, 0.6) is 0 Å². The maximum Gasteiger partial charge on any atom is 0.315 e. The SMILES string of the molecule is COCCCCNC(=O)NC(CC(=O)O)C1CC1. The van der Waals surface area contributed by atoms with Gasteiger partial charge in [0.05, 0.1) is 6.42 Å². The number of carbonyl (C=O) groups is 2. The lowest BCUT2D eigenvalue weighted by molar-refractivity contribution is -0.137. The van der Waals surface area contributed by atoms with E-state index in [2.05, 4.69) is 10.6 Å². The Bertz CT molecular complexity index is 279. The van der Waals surface area contributed by atoms with E-state index in [9.17, 15) is 9.59 Å². The topological polar surface area (TPSA) is 87.7 Å². The van der Waals surface area contributed by atoms with Gasteiger partial charge in [-0.05, 0) is 31.6 Å². The standard InChI is InChI=1S/C12H22N2O4/c1-18-7-3-2-6-13-12(17)14-10(8-11(15)16)9-4-5-9/h9-10H,2-8H2,1H3,(H,15,16)(H2,13,14,17). The number of amides is 2. The highest BCUT2D eigenvalue weighted by atomic mass is 16.5. The van der Waals surface area contributed by atoms with Crippen LogP contribution < -0.4 is 10.6 Å². The molecule has 1 unspecified atom stereocenters. The Morgan fingerprint density at radius 3 is 2.67 bits per heavy atom. The van der Waals surface area contributed by atoms with Crippen LogP contribution in [0.2, 0.25) is 0 Å². The predicted octanol–water partition coefficient (Wildman–Crippen LogP) is 0.966. The second kappa shape index (κ2) is 7.92. The van der Waals surface area contributed by atoms with Crippen molar-refractivity contribution in [2.24, 2.45) is 5.92 Å². The van der Waals surface area contributed by atoms with Crippen LogP contribution in [0.15, 0.2) is 0 Å². The largest absolute Gasteiger partial charge is 0.481 e. The van der Waals surface area contributed by atoms with Crippen LogP contribution in [-0.4, -0.2) is 43.4 Å². The number of aliphatic carboxylic acids is 1. The summed E-state index contributed by atoms with van der Waals surface area (Å²) in [6.07, 6.45) is 3.77. The van der Waals surface area contributed by atoms with Crippen LogP contribution in [0.25, 0.3) is 0 Å². The molecule has 1 aliphatic carbocycles. The summed E-state index contributed by atoms with van der Waals surface area (Å²) in [5.41, 5.74) is 0. The van der Waals surface area contributed by atoms with Crippen LogP contribution in [0, 0.1) is 5.92 Å². The second-order valence-electron chi connectivity index (χ2n) is 4.64. The minimum atomic E-state index is -0.868. The van der Waals surface area contributed by atoms with Crippen molar-refractivity contribution in [3.8, 4) is 0 Å². The molecule has 0 aromatic carbocycles. The van der Waals surface area contributed by atoms with Gasteiger partial charge in [-0.25, -0.2) is 4.79 Å². The molecular formula is C12H22N2O4. The maximum atomic E-state index is 11.6. The number of hydrogen-bond acceptors (Lipinski definition) is 3.